The van der Waals surface area contributed by atoms with Gasteiger partial charge in [0.2, 0.25) is 0 Å². The van der Waals surface area contributed by atoms with Gasteiger partial charge in [-0.25, -0.2) is 0 Å². The molecule has 0 radical (unpaired) electrons. The third-order valence-electron chi connectivity index (χ3n) is 3.65. The Hall–Kier alpha value is -0.280. The summed E-state index contributed by atoms with van der Waals surface area (Å²) in [7, 11) is 0. The SMILES string of the molecule is Brc1ccoc1C1CCC1CNC1CC1. The van der Waals surface area contributed by atoms with Crippen LogP contribution in [0, 0.1) is 5.92 Å². The Morgan fingerprint density at radius 1 is 1.33 bits per heavy atom. The monoisotopic (exact) mass is 269 g/mol. The van der Waals surface area contributed by atoms with Crippen LogP contribution in [0.5, 0.6) is 0 Å². The van der Waals surface area contributed by atoms with Crippen LogP contribution in [0.4, 0.5) is 0 Å². The van der Waals surface area contributed by atoms with Crippen molar-refractivity contribution in [2.75, 3.05) is 6.54 Å². The third-order valence-corrected chi connectivity index (χ3v) is 4.30. The molecule has 0 aromatic carbocycles. The summed E-state index contributed by atoms with van der Waals surface area (Å²) in [5.74, 6) is 2.58. The zero-order valence-electron chi connectivity index (χ0n) is 8.71. The molecule has 82 valence electrons. The maximum absolute atomic E-state index is 5.55. The van der Waals surface area contributed by atoms with Crippen molar-refractivity contribution < 1.29 is 4.42 Å². The second kappa shape index (κ2) is 3.95. The van der Waals surface area contributed by atoms with Crippen molar-refractivity contribution in [1.82, 2.24) is 5.32 Å². The Labute approximate surface area is 98.6 Å². The topological polar surface area (TPSA) is 25.2 Å². The van der Waals surface area contributed by atoms with E-state index in [0.29, 0.717) is 5.92 Å². The van der Waals surface area contributed by atoms with E-state index < -0.39 is 0 Å². The van der Waals surface area contributed by atoms with E-state index >= 15 is 0 Å². The van der Waals surface area contributed by atoms with Gasteiger partial charge in [0.1, 0.15) is 5.76 Å². The summed E-state index contributed by atoms with van der Waals surface area (Å²) in [6, 6.07) is 2.82. The number of rotatable bonds is 4. The van der Waals surface area contributed by atoms with Crippen molar-refractivity contribution in [2.24, 2.45) is 5.92 Å². The molecule has 3 heteroatoms. The predicted molar refractivity (Wildman–Crippen MR) is 62.9 cm³/mol. The van der Waals surface area contributed by atoms with Crippen LogP contribution >= 0.6 is 15.9 Å². The molecule has 0 saturated heterocycles. The molecule has 2 fully saturated rings. The minimum absolute atomic E-state index is 0.639. The van der Waals surface area contributed by atoms with Gasteiger partial charge in [-0.15, -0.1) is 0 Å². The average molecular weight is 270 g/mol. The highest BCUT2D eigenvalue weighted by atomic mass is 79.9. The van der Waals surface area contributed by atoms with Gasteiger partial charge in [-0.05, 0) is 60.1 Å². The molecule has 0 amide bonds. The van der Waals surface area contributed by atoms with Crippen LogP contribution in [0.3, 0.4) is 0 Å². The summed E-state index contributed by atoms with van der Waals surface area (Å²) >= 11 is 3.55. The highest BCUT2D eigenvalue weighted by Gasteiger charge is 2.36. The van der Waals surface area contributed by atoms with Crippen LogP contribution in [0.1, 0.15) is 37.4 Å². The fourth-order valence-corrected chi connectivity index (χ4v) is 2.83. The molecular formula is C12H16BrNO. The minimum atomic E-state index is 0.639. The third kappa shape index (κ3) is 2.00. The fourth-order valence-electron chi connectivity index (χ4n) is 2.33. The average Bonchev–Trinajstić information content (AvgIpc) is 2.91. The molecule has 0 bridgehead atoms. The van der Waals surface area contributed by atoms with E-state index in [-0.39, 0.29) is 0 Å². The lowest BCUT2D eigenvalue weighted by Gasteiger charge is -2.35. The minimum Gasteiger partial charge on any atom is -0.468 e. The van der Waals surface area contributed by atoms with E-state index in [1.807, 2.05) is 6.07 Å². The molecule has 15 heavy (non-hydrogen) atoms. The molecule has 1 aromatic heterocycles. The maximum atomic E-state index is 5.55. The largest absolute Gasteiger partial charge is 0.468 e. The van der Waals surface area contributed by atoms with Crippen molar-refractivity contribution in [3.8, 4) is 0 Å². The summed E-state index contributed by atoms with van der Waals surface area (Å²) in [5, 5.41) is 3.61. The number of furan rings is 1. The molecule has 2 saturated carbocycles. The van der Waals surface area contributed by atoms with E-state index in [0.717, 1.165) is 22.2 Å². The first-order valence-corrected chi connectivity index (χ1v) is 6.60. The molecule has 1 N–H and O–H groups in total. The quantitative estimate of drug-likeness (QED) is 0.908. The molecule has 1 aromatic rings. The van der Waals surface area contributed by atoms with Crippen molar-refractivity contribution in [3.63, 3.8) is 0 Å². The van der Waals surface area contributed by atoms with Crippen molar-refractivity contribution >= 4 is 15.9 Å². The standard InChI is InChI=1S/C12H16BrNO/c13-11-5-6-15-12(11)10-4-1-8(10)7-14-9-2-3-9/h5-6,8-10,14H,1-4,7H2. The van der Waals surface area contributed by atoms with Crippen LogP contribution in [-0.2, 0) is 0 Å². The number of hydrogen-bond donors (Lipinski definition) is 1. The molecule has 0 spiro atoms. The molecule has 1 heterocycles. The van der Waals surface area contributed by atoms with E-state index in [4.69, 9.17) is 4.42 Å². The molecule has 0 aliphatic heterocycles. The second-order valence-corrected chi connectivity index (χ2v) is 5.61. The first-order valence-electron chi connectivity index (χ1n) is 5.81. The van der Waals surface area contributed by atoms with Crippen LogP contribution in [0.15, 0.2) is 21.2 Å². The van der Waals surface area contributed by atoms with E-state index in [1.54, 1.807) is 6.26 Å². The molecule has 2 aliphatic rings. The Kier molecular flexibility index (Phi) is 2.61. The van der Waals surface area contributed by atoms with Gasteiger partial charge in [-0.1, -0.05) is 0 Å². The van der Waals surface area contributed by atoms with E-state index in [2.05, 4.69) is 21.2 Å². The summed E-state index contributed by atoms with van der Waals surface area (Å²) in [6.07, 6.45) is 7.16. The fraction of sp³-hybridized carbons (Fsp3) is 0.667. The molecule has 2 atom stereocenters. The summed E-state index contributed by atoms with van der Waals surface area (Å²) < 4.78 is 6.69. The Bertz CT molecular complexity index is 345. The van der Waals surface area contributed by atoms with Crippen LogP contribution in [0.25, 0.3) is 0 Å². The number of halogens is 1. The van der Waals surface area contributed by atoms with Gasteiger partial charge in [0.15, 0.2) is 0 Å². The maximum Gasteiger partial charge on any atom is 0.121 e. The zero-order valence-corrected chi connectivity index (χ0v) is 10.3. The summed E-state index contributed by atoms with van der Waals surface area (Å²) in [4.78, 5) is 0. The molecule has 2 nitrogen and oxygen atoms in total. The molecular weight excluding hydrogens is 254 g/mol. The van der Waals surface area contributed by atoms with Gasteiger partial charge in [0, 0.05) is 12.0 Å². The van der Waals surface area contributed by atoms with Gasteiger partial charge in [-0.2, -0.15) is 0 Å². The normalized spacial score (nSPS) is 30.2. The first-order chi connectivity index (χ1) is 7.34. The Morgan fingerprint density at radius 2 is 2.20 bits per heavy atom. The summed E-state index contributed by atoms with van der Waals surface area (Å²) in [5.41, 5.74) is 0. The second-order valence-electron chi connectivity index (χ2n) is 4.76. The highest BCUT2D eigenvalue weighted by Crippen LogP contribution is 2.45. The Balaban J connectivity index is 1.59. The summed E-state index contributed by atoms with van der Waals surface area (Å²) in [6.45, 7) is 1.17. The number of hydrogen-bond acceptors (Lipinski definition) is 2. The smallest absolute Gasteiger partial charge is 0.121 e. The lowest BCUT2D eigenvalue weighted by Crippen LogP contribution is -2.34. The molecule has 2 unspecified atom stereocenters. The van der Waals surface area contributed by atoms with E-state index in [1.165, 1.54) is 32.2 Å². The lowest BCUT2D eigenvalue weighted by atomic mass is 9.72. The van der Waals surface area contributed by atoms with Gasteiger partial charge < -0.3 is 9.73 Å². The van der Waals surface area contributed by atoms with Gasteiger partial charge in [0.25, 0.3) is 0 Å². The lowest BCUT2D eigenvalue weighted by molar-refractivity contribution is 0.214. The van der Waals surface area contributed by atoms with Crippen molar-refractivity contribution in [1.29, 1.82) is 0 Å². The van der Waals surface area contributed by atoms with Crippen molar-refractivity contribution in [3.05, 3.63) is 22.6 Å². The number of nitrogens with one attached hydrogen (secondary N) is 1. The molecule has 3 rings (SSSR count). The highest BCUT2D eigenvalue weighted by molar-refractivity contribution is 9.10. The zero-order chi connectivity index (χ0) is 10.3. The van der Waals surface area contributed by atoms with Crippen LogP contribution < -0.4 is 5.32 Å². The van der Waals surface area contributed by atoms with E-state index in [9.17, 15) is 0 Å². The van der Waals surface area contributed by atoms with Crippen LogP contribution in [-0.4, -0.2) is 12.6 Å². The van der Waals surface area contributed by atoms with Gasteiger partial charge >= 0.3 is 0 Å². The van der Waals surface area contributed by atoms with Gasteiger partial charge in [0.05, 0.1) is 10.7 Å². The van der Waals surface area contributed by atoms with Crippen LogP contribution in [0.2, 0.25) is 0 Å². The molecule has 2 aliphatic carbocycles. The van der Waals surface area contributed by atoms with Crippen molar-refractivity contribution in [2.45, 2.75) is 37.6 Å². The first kappa shape index (κ1) is 9.91. The predicted octanol–water partition coefficient (Wildman–Crippen LogP) is 3.29. The van der Waals surface area contributed by atoms with Gasteiger partial charge in [-0.3, -0.25) is 0 Å². The Morgan fingerprint density at radius 3 is 2.73 bits per heavy atom.